The SMILES string of the molecule is C=CCCC(=O)N(C)c1ccccc1C(=O)OC. The topological polar surface area (TPSA) is 46.6 Å². The van der Waals surface area contributed by atoms with Crippen LogP contribution >= 0.6 is 0 Å². The second-order valence-electron chi connectivity index (χ2n) is 3.79. The van der Waals surface area contributed by atoms with Gasteiger partial charge in [-0.25, -0.2) is 4.79 Å². The molecule has 1 aromatic carbocycles. The number of rotatable bonds is 5. The summed E-state index contributed by atoms with van der Waals surface area (Å²) >= 11 is 0. The van der Waals surface area contributed by atoms with Crippen LogP contribution in [0.15, 0.2) is 36.9 Å². The Hall–Kier alpha value is -2.10. The molecular formula is C14H17NO3. The lowest BCUT2D eigenvalue weighted by Crippen LogP contribution is -2.27. The summed E-state index contributed by atoms with van der Waals surface area (Å²) < 4.78 is 4.69. The molecule has 0 unspecified atom stereocenters. The van der Waals surface area contributed by atoms with Crippen molar-refractivity contribution in [3.8, 4) is 0 Å². The molecule has 0 heterocycles. The van der Waals surface area contributed by atoms with Crippen LogP contribution in [0.2, 0.25) is 0 Å². The smallest absolute Gasteiger partial charge is 0.339 e. The number of ether oxygens (including phenoxy) is 1. The number of hydrogen-bond acceptors (Lipinski definition) is 3. The third-order valence-electron chi connectivity index (χ3n) is 2.61. The number of hydrogen-bond donors (Lipinski definition) is 0. The van der Waals surface area contributed by atoms with Gasteiger partial charge in [-0.1, -0.05) is 18.2 Å². The fourth-order valence-electron chi connectivity index (χ4n) is 1.58. The molecule has 0 radical (unpaired) electrons. The van der Waals surface area contributed by atoms with E-state index in [-0.39, 0.29) is 5.91 Å². The number of methoxy groups -OCH3 is 1. The van der Waals surface area contributed by atoms with Crippen LogP contribution in [-0.4, -0.2) is 26.0 Å². The Labute approximate surface area is 107 Å². The lowest BCUT2D eigenvalue weighted by molar-refractivity contribution is -0.118. The van der Waals surface area contributed by atoms with E-state index in [1.807, 2.05) is 0 Å². The summed E-state index contributed by atoms with van der Waals surface area (Å²) in [5, 5.41) is 0. The number of carbonyl (C=O) groups excluding carboxylic acids is 2. The van der Waals surface area contributed by atoms with Crippen molar-refractivity contribution in [1.29, 1.82) is 0 Å². The lowest BCUT2D eigenvalue weighted by Gasteiger charge is -2.19. The van der Waals surface area contributed by atoms with Crippen LogP contribution in [0.5, 0.6) is 0 Å². The molecule has 0 saturated heterocycles. The van der Waals surface area contributed by atoms with Gasteiger partial charge in [-0.15, -0.1) is 6.58 Å². The molecule has 4 heteroatoms. The first kappa shape index (κ1) is 14.0. The average Bonchev–Trinajstić information content (AvgIpc) is 2.43. The quantitative estimate of drug-likeness (QED) is 0.593. The van der Waals surface area contributed by atoms with E-state index in [1.54, 1.807) is 37.4 Å². The number of allylic oxidation sites excluding steroid dienone is 1. The minimum absolute atomic E-state index is 0.0637. The summed E-state index contributed by atoms with van der Waals surface area (Å²) in [6.07, 6.45) is 2.68. The van der Waals surface area contributed by atoms with E-state index in [1.165, 1.54) is 12.0 Å². The van der Waals surface area contributed by atoms with Crippen molar-refractivity contribution in [2.75, 3.05) is 19.1 Å². The standard InChI is InChI=1S/C14H17NO3/c1-4-5-10-13(16)15(2)12-9-7-6-8-11(12)14(17)18-3/h4,6-9H,1,5,10H2,2-3H3. The van der Waals surface area contributed by atoms with Crippen LogP contribution in [0.4, 0.5) is 5.69 Å². The molecule has 0 aliphatic rings. The first-order valence-electron chi connectivity index (χ1n) is 5.66. The highest BCUT2D eigenvalue weighted by atomic mass is 16.5. The van der Waals surface area contributed by atoms with Gasteiger partial charge in [0.2, 0.25) is 5.91 Å². The van der Waals surface area contributed by atoms with E-state index >= 15 is 0 Å². The molecule has 0 aliphatic heterocycles. The van der Waals surface area contributed by atoms with Crippen molar-refractivity contribution in [2.45, 2.75) is 12.8 Å². The molecule has 0 aliphatic carbocycles. The van der Waals surface area contributed by atoms with Crippen LogP contribution in [0.3, 0.4) is 0 Å². The van der Waals surface area contributed by atoms with Crippen molar-refractivity contribution in [2.24, 2.45) is 0 Å². The number of benzene rings is 1. The second kappa shape index (κ2) is 6.59. The Morgan fingerprint density at radius 3 is 2.67 bits per heavy atom. The number of esters is 1. The number of para-hydroxylation sites is 1. The van der Waals surface area contributed by atoms with Crippen LogP contribution in [0.25, 0.3) is 0 Å². The molecule has 4 nitrogen and oxygen atoms in total. The van der Waals surface area contributed by atoms with Crippen molar-refractivity contribution in [3.05, 3.63) is 42.5 Å². The Bertz CT molecular complexity index is 454. The molecule has 0 aromatic heterocycles. The highest BCUT2D eigenvalue weighted by Crippen LogP contribution is 2.20. The van der Waals surface area contributed by atoms with Gasteiger partial charge in [-0.2, -0.15) is 0 Å². The first-order valence-corrected chi connectivity index (χ1v) is 5.66. The number of anilines is 1. The fourth-order valence-corrected chi connectivity index (χ4v) is 1.58. The summed E-state index contributed by atoms with van der Waals surface area (Å²) in [4.78, 5) is 25.0. The largest absolute Gasteiger partial charge is 0.465 e. The summed E-state index contributed by atoms with van der Waals surface area (Å²) in [7, 11) is 2.96. The summed E-state index contributed by atoms with van der Waals surface area (Å²) in [5.41, 5.74) is 0.938. The highest BCUT2D eigenvalue weighted by Gasteiger charge is 2.17. The predicted octanol–water partition coefficient (Wildman–Crippen LogP) is 2.40. The van der Waals surface area contributed by atoms with Crippen LogP contribution in [0.1, 0.15) is 23.2 Å². The van der Waals surface area contributed by atoms with Crippen LogP contribution < -0.4 is 4.90 Å². The molecule has 0 spiro atoms. The maximum atomic E-state index is 11.9. The molecular weight excluding hydrogens is 230 g/mol. The Morgan fingerprint density at radius 1 is 1.39 bits per heavy atom. The zero-order chi connectivity index (χ0) is 13.5. The van der Waals surface area contributed by atoms with Gasteiger partial charge >= 0.3 is 5.97 Å². The maximum absolute atomic E-state index is 11.9. The van der Waals surface area contributed by atoms with E-state index in [4.69, 9.17) is 4.74 Å². The van der Waals surface area contributed by atoms with Crippen LogP contribution in [-0.2, 0) is 9.53 Å². The molecule has 0 N–H and O–H groups in total. The van der Waals surface area contributed by atoms with Gasteiger partial charge in [0.05, 0.1) is 18.4 Å². The van der Waals surface area contributed by atoms with Crippen LogP contribution in [0, 0.1) is 0 Å². The molecule has 18 heavy (non-hydrogen) atoms. The van der Waals surface area contributed by atoms with Crippen molar-refractivity contribution < 1.29 is 14.3 Å². The van der Waals surface area contributed by atoms with Gasteiger partial charge in [0, 0.05) is 13.5 Å². The van der Waals surface area contributed by atoms with E-state index in [0.717, 1.165) is 0 Å². The van der Waals surface area contributed by atoms with Gasteiger partial charge in [0.1, 0.15) is 0 Å². The summed E-state index contributed by atoms with van der Waals surface area (Å²) in [6, 6.07) is 6.87. The summed E-state index contributed by atoms with van der Waals surface area (Å²) in [6.45, 7) is 3.58. The number of carbonyl (C=O) groups is 2. The van der Waals surface area contributed by atoms with E-state index < -0.39 is 5.97 Å². The highest BCUT2D eigenvalue weighted by molar-refractivity contribution is 6.02. The molecule has 96 valence electrons. The van der Waals surface area contributed by atoms with Crippen molar-refractivity contribution in [1.82, 2.24) is 0 Å². The zero-order valence-electron chi connectivity index (χ0n) is 10.7. The molecule has 0 saturated carbocycles. The Kier molecular flexibility index (Phi) is 5.11. The average molecular weight is 247 g/mol. The normalized spacial score (nSPS) is 9.67. The number of amides is 1. The van der Waals surface area contributed by atoms with Gasteiger partial charge in [0.25, 0.3) is 0 Å². The second-order valence-corrected chi connectivity index (χ2v) is 3.79. The van der Waals surface area contributed by atoms with Crippen molar-refractivity contribution in [3.63, 3.8) is 0 Å². The monoisotopic (exact) mass is 247 g/mol. The molecule has 1 aromatic rings. The van der Waals surface area contributed by atoms with E-state index in [9.17, 15) is 9.59 Å². The van der Waals surface area contributed by atoms with Crippen molar-refractivity contribution >= 4 is 17.6 Å². The molecule has 1 amide bonds. The Morgan fingerprint density at radius 2 is 2.06 bits per heavy atom. The number of nitrogens with zero attached hydrogens (tertiary/aromatic N) is 1. The summed E-state index contributed by atoms with van der Waals surface area (Å²) in [5.74, 6) is -0.514. The lowest BCUT2D eigenvalue weighted by atomic mass is 10.1. The molecule has 0 bridgehead atoms. The van der Waals surface area contributed by atoms with Gasteiger partial charge in [-0.3, -0.25) is 4.79 Å². The zero-order valence-corrected chi connectivity index (χ0v) is 10.7. The predicted molar refractivity (Wildman–Crippen MR) is 70.6 cm³/mol. The van der Waals surface area contributed by atoms with Gasteiger partial charge < -0.3 is 9.64 Å². The molecule has 1 rings (SSSR count). The molecule has 0 atom stereocenters. The van der Waals surface area contributed by atoms with E-state index in [2.05, 4.69) is 6.58 Å². The molecule has 0 fully saturated rings. The minimum Gasteiger partial charge on any atom is -0.465 e. The van der Waals surface area contributed by atoms with Gasteiger partial charge in [-0.05, 0) is 18.6 Å². The first-order chi connectivity index (χ1) is 8.61. The van der Waals surface area contributed by atoms with E-state index in [0.29, 0.717) is 24.1 Å². The fraction of sp³-hybridized carbons (Fsp3) is 0.286. The Balaban J connectivity index is 2.97. The third-order valence-corrected chi connectivity index (χ3v) is 2.61. The third kappa shape index (κ3) is 3.20. The minimum atomic E-state index is -0.450. The van der Waals surface area contributed by atoms with Gasteiger partial charge in [0.15, 0.2) is 0 Å². The maximum Gasteiger partial charge on any atom is 0.339 e.